The number of fused-ring (bicyclic) bond motifs is 1. The second-order valence-electron chi connectivity index (χ2n) is 7.09. The number of halogens is 1. The van der Waals surface area contributed by atoms with Crippen LogP contribution in [0, 0.1) is 0 Å². The molecule has 4 aromatic rings. The Balaban J connectivity index is 1.51. The van der Waals surface area contributed by atoms with Crippen LogP contribution >= 0.6 is 11.6 Å². The number of carbonyl (C=O) groups is 1. The second kappa shape index (κ2) is 9.16. The van der Waals surface area contributed by atoms with Gasteiger partial charge >= 0.3 is 0 Å². The van der Waals surface area contributed by atoms with Crippen LogP contribution in [0.2, 0.25) is 5.02 Å². The second-order valence-corrected chi connectivity index (χ2v) is 7.52. The van der Waals surface area contributed by atoms with Gasteiger partial charge in [-0.25, -0.2) is 4.52 Å². The topological polar surface area (TPSA) is 80.5 Å². The number of carbonyl (C=O) groups excluding carboxylic acids is 1. The molecule has 8 heteroatoms. The molecule has 0 radical (unpaired) electrons. The SMILES string of the molecule is CO[C@H](C)CNC(=O)c1ccc(Nc2nc3cccc(-c4cccc(Cl)c4)n3n2)cc1. The lowest BCUT2D eigenvalue weighted by atomic mass is 10.1. The third-order valence-electron chi connectivity index (χ3n) is 4.84. The highest BCUT2D eigenvalue weighted by Crippen LogP contribution is 2.24. The van der Waals surface area contributed by atoms with Gasteiger partial charge in [0.25, 0.3) is 5.91 Å². The van der Waals surface area contributed by atoms with Gasteiger partial charge in [0.15, 0.2) is 5.65 Å². The largest absolute Gasteiger partial charge is 0.380 e. The van der Waals surface area contributed by atoms with Crippen molar-refractivity contribution in [1.29, 1.82) is 0 Å². The predicted molar refractivity (Wildman–Crippen MR) is 122 cm³/mol. The van der Waals surface area contributed by atoms with Gasteiger partial charge in [0.2, 0.25) is 5.95 Å². The zero-order valence-corrected chi connectivity index (χ0v) is 17.9. The number of hydrogen-bond donors (Lipinski definition) is 2. The van der Waals surface area contributed by atoms with Crippen LogP contribution in [0.4, 0.5) is 11.6 Å². The normalized spacial score (nSPS) is 12.0. The van der Waals surface area contributed by atoms with E-state index in [2.05, 4.69) is 20.7 Å². The molecule has 0 aliphatic rings. The van der Waals surface area contributed by atoms with Gasteiger partial charge in [-0.3, -0.25) is 4.79 Å². The molecule has 0 fully saturated rings. The molecule has 1 amide bonds. The Labute approximate surface area is 185 Å². The average Bonchev–Trinajstić information content (AvgIpc) is 3.20. The number of hydrogen-bond acceptors (Lipinski definition) is 5. The zero-order valence-electron chi connectivity index (χ0n) is 17.2. The Morgan fingerprint density at radius 2 is 1.90 bits per heavy atom. The summed E-state index contributed by atoms with van der Waals surface area (Å²) in [5.74, 6) is 0.313. The van der Waals surface area contributed by atoms with Gasteiger partial charge in [0.1, 0.15) is 0 Å². The van der Waals surface area contributed by atoms with E-state index in [9.17, 15) is 4.79 Å². The van der Waals surface area contributed by atoms with Crippen molar-refractivity contribution in [3.05, 3.63) is 77.3 Å². The highest BCUT2D eigenvalue weighted by molar-refractivity contribution is 6.30. The first kappa shape index (κ1) is 20.8. The predicted octanol–water partition coefficient (Wildman–Crippen LogP) is 4.56. The van der Waals surface area contributed by atoms with E-state index in [4.69, 9.17) is 16.3 Å². The van der Waals surface area contributed by atoms with Crippen molar-refractivity contribution in [3.63, 3.8) is 0 Å². The minimum absolute atomic E-state index is 0.0391. The van der Waals surface area contributed by atoms with E-state index in [1.165, 1.54) is 0 Å². The van der Waals surface area contributed by atoms with Crippen molar-refractivity contribution in [2.24, 2.45) is 0 Å². The Morgan fingerprint density at radius 1 is 1.13 bits per heavy atom. The smallest absolute Gasteiger partial charge is 0.251 e. The van der Waals surface area contributed by atoms with Crippen molar-refractivity contribution in [1.82, 2.24) is 19.9 Å². The van der Waals surface area contributed by atoms with Crippen molar-refractivity contribution < 1.29 is 9.53 Å². The fraction of sp³-hybridized carbons (Fsp3) is 0.174. The highest BCUT2D eigenvalue weighted by Gasteiger charge is 2.11. The summed E-state index contributed by atoms with van der Waals surface area (Å²) in [4.78, 5) is 16.8. The maximum Gasteiger partial charge on any atom is 0.251 e. The molecular weight excluding hydrogens is 414 g/mol. The van der Waals surface area contributed by atoms with E-state index >= 15 is 0 Å². The van der Waals surface area contributed by atoms with E-state index in [-0.39, 0.29) is 12.0 Å². The van der Waals surface area contributed by atoms with Crippen molar-refractivity contribution in [2.45, 2.75) is 13.0 Å². The third kappa shape index (κ3) is 4.84. The molecule has 0 unspecified atom stereocenters. The summed E-state index contributed by atoms with van der Waals surface area (Å²) in [6, 6.07) is 20.5. The van der Waals surface area contributed by atoms with Crippen molar-refractivity contribution in [3.8, 4) is 11.3 Å². The number of nitrogens with zero attached hydrogens (tertiary/aromatic N) is 3. The van der Waals surface area contributed by atoms with E-state index < -0.39 is 0 Å². The van der Waals surface area contributed by atoms with Crippen LogP contribution < -0.4 is 10.6 Å². The molecule has 4 rings (SSSR count). The molecule has 0 saturated carbocycles. The first-order valence-electron chi connectivity index (χ1n) is 9.83. The summed E-state index contributed by atoms with van der Waals surface area (Å²) in [5.41, 5.74) is 3.90. The lowest BCUT2D eigenvalue weighted by Gasteiger charge is -2.11. The number of rotatable bonds is 7. The quantitative estimate of drug-likeness (QED) is 0.445. The monoisotopic (exact) mass is 435 g/mol. The standard InChI is InChI=1S/C23H22ClN5O2/c1-15(31-2)14-25-22(30)16-9-11-19(12-10-16)26-23-27-21-8-4-7-20(29(21)28-23)17-5-3-6-18(24)13-17/h3-13,15H,14H2,1-2H3,(H,25,30)(H,26,28)/t15-/m1/s1. The fourth-order valence-corrected chi connectivity index (χ4v) is 3.27. The first-order chi connectivity index (χ1) is 15.0. The summed E-state index contributed by atoms with van der Waals surface area (Å²) in [6.07, 6.45) is -0.0391. The van der Waals surface area contributed by atoms with Crippen molar-refractivity contribution >= 4 is 34.8 Å². The van der Waals surface area contributed by atoms with Gasteiger partial charge in [-0.15, -0.1) is 5.10 Å². The Bertz CT molecular complexity index is 1210. The molecule has 158 valence electrons. The molecule has 31 heavy (non-hydrogen) atoms. The molecule has 0 bridgehead atoms. The van der Waals surface area contributed by atoms with E-state index in [0.717, 1.165) is 16.9 Å². The molecule has 2 aromatic heterocycles. The number of anilines is 2. The van der Waals surface area contributed by atoms with E-state index in [1.54, 1.807) is 23.8 Å². The van der Waals surface area contributed by atoms with Gasteiger partial charge in [-0.05, 0) is 55.5 Å². The third-order valence-corrected chi connectivity index (χ3v) is 5.07. The fourth-order valence-electron chi connectivity index (χ4n) is 3.08. The maximum absolute atomic E-state index is 12.2. The van der Waals surface area contributed by atoms with Gasteiger partial charge in [0, 0.05) is 35.5 Å². The molecule has 1 atom stereocenters. The number of ether oxygens (including phenoxy) is 1. The number of nitrogens with one attached hydrogen (secondary N) is 2. The average molecular weight is 436 g/mol. The summed E-state index contributed by atoms with van der Waals surface area (Å²) in [7, 11) is 1.61. The lowest BCUT2D eigenvalue weighted by Crippen LogP contribution is -2.31. The van der Waals surface area contributed by atoms with Gasteiger partial charge in [0.05, 0.1) is 11.8 Å². The number of methoxy groups -OCH3 is 1. The molecule has 2 N–H and O–H groups in total. The minimum atomic E-state index is -0.146. The summed E-state index contributed by atoms with van der Waals surface area (Å²) in [6.45, 7) is 2.35. The number of pyridine rings is 1. The zero-order chi connectivity index (χ0) is 21.8. The van der Waals surface area contributed by atoms with Gasteiger partial charge in [-0.1, -0.05) is 29.8 Å². The van der Waals surface area contributed by atoms with Crippen LogP contribution in [0.5, 0.6) is 0 Å². The summed E-state index contributed by atoms with van der Waals surface area (Å²) < 4.78 is 6.91. The Morgan fingerprint density at radius 3 is 2.65 bits per heavy atom. The van der Waals surface area contributed by atoms with Gasteiger partial charge in [-0.2, -0.15) is 4.98 Å². The molecule has 7 nitrogen and oxygen atoms in total. The highest BCUT2D eigenvalue weighted by atomic mass is 35.5. The van der Waals surface area contributed by atoms with Crippen molar-refractivity contribution in [2.75, 3.05) is 19.0 Å². The lowest BCUT2D eigenvalue weighted by molar-refractivity contribution is 0.0870. The minimum Gasteiger partial charge on any atom is -0.380 e. The Hall–Kier alpha value is -3.42. The molecule has 0 saturated heterocycles. The van der Waals surface area contributed by atoms with E-state index in [1.807, 2.05) is 61.5 Å². The summed E-state index contributed by atoms with van der Waals surface area (Å²) >= 11 is 6.14. The van der Waals surface area contributed by atoms with Crippen LogP contribution in [0.25, 0.3) is 16.9 Å². The van der Waals surface area contributed by atoms with E-state index in [0.29, 0.717) is 28.7 Å². The summed E-state index contributed by atoms with van der Waals surface area (Å²) in [5, 5.41) is 11.3. The number of amides is 1. The molecular formula is C23H22ClN5O2. The molecule has 2 aromatic carbocycles. The van der Waals surface area contributed by atoms with Crippen LogP contribution in [0.15, 0.2) is 66.7 Å². The molecule has 0 spiro atoms. The molecule has 2 heterocycles. The maximum atomic E-state index is 12.2. The van der Waals surface area contributed by atoms with Crippen LogP contribution in [-0.4, -0.2) is 40.3 Å². The number of benzene rings is 2. The van der Waals surface area contributed by atoms with Crippen LogP contribution in [0.3, 0.4) is 0 Å². The van der Waals surface area contributed by atoms with Gasteiger partial charge < -0.3 is 15.4 Å². The number of aromatic nitrogens is 3. The van der Waals surface area contributed by atoms with Crippen LogP contribution in [-0.2, 0) is 4.74 Å². The molecule has 0 aliphatic carbocycles. The molecule has 0 aliphatic heterocycles. The Kier molecular flexibility index (Phi) is 6.16. The van der Waals surface area contributed by atoms with Crippen LogP contribution in [0.1, 0.15) is 17.3 Å². The first-order valence-corrected chi connectivity index (χ1v) is 10.2.